The maximum absolute atomic E-state index is 2.24. The van der Waals surface area contributed by atoms with Crippen molar-refractivity contribution in [2.24, 2.45) is 0 Å². The van der Waals surface area contributed by atoms with E-state index >= 15 is 0 Å². The average Bonchev–Trinajstić information content (AvgIpc) is 2.55. The van der Waals surface area contributed by atoms with Gasteiger partial charge in [-0.25, -0.2) is 0 Å². The molecule has 0 saturated carbocycles. The van der Waals surface area contributed by atoms with Gasteiger partial charge in [-0.2, -0.15) is 0 Å². The molecule has 0 spiro atoms. The molecule has 13 heavy (non-hydrogen) atoms. The van der Waals surface area contributed by atoms with Crippen molar-refractivity contribution in [1.82, 2.24) is 0 Å². The molecule has 2 aromatic rings. The highest BCUT2D eigenvalue weighted by Gasteiger charge is 2.07. The standard InChI is InChI=1S/C12H14S/c1-3-9-10-7-5-6-8-12(10)13-11(9)4-2/h5-8H,3-4H2,1-2H3. The van der Waals surface area contributed by atoms with E-state index in [0.29, 0.717) is 0 Å². The van der Waals surface area contributed by atoms with Crippen LogP contribution in [0.3, 0.4) is 0 Å². The van der Waals surface area contributed by atoms with Crippen LogP contribution in [0.2, 0.25) is 0 Å². The number of aryl methyl sites for hydroxylation is 2. The fraction of sp³-hybridized carbons (Fsp3) is 0.333. The molecule has 0 saturated heterocycles. The van der Waals surface area contributed by atoms with Gasteiger partial charge in [-0.15, -0.1) is 11.3 Å². The summed E-state index contributed by atoms with van der Waals surface area (Å²) < 4.78 is 1.44. The second-order valence-corrected chi connectivity index (χ2v) is 4.34. The van der Waals surface area contributed by atoms with Crippen LogP contribution in [0, 0.1) is 0 Å². The molecule has 0 bridgehead atoms. The number of fused-ring (bicyclic) bond motifs is 1. The zero-order valence-corrected chi connectivity index (χ0v) is 8.95. The predicted octanol–water partition coefficient (Wildman–Crippen LogP) is 4.03. The van der Waals surface area contributed by atoms with Gasteiger partial charge in [-0.1, -0.05) is 32.0 Å². The van der Waals surface area contributed by atoms with Crippen molar-refractivity contribution < 1.29 is 0 Å². The van der Waals surface area contributed by atoms with Crippen molar-refractivity contribution in [2.75, 3.05) is 0 Å². The van der Waals surface area contributed by atoms with Gasteiger partial charge in [0, 0.05) is 9.58 Å². The molecule has 1 aromatic carbocycles. The summed E-state index contributed by atoms with van der Waals surface area (Å²) in [4.78, 5) is 1.56. The summed E-state index contributed by atoms with van der Waals surface area (Å²) in [6.45, 7) is 4.48. The van der Waals surface area contributed by atoms with Crippen LogP contribution < -0.4 is 0 Å². The zero-order valence-electron chi connectivity index (χ0n) is 8.13. The first-order valence-electron chi connectivity index (χ1n) is 4.86. The van der Waals surface area contributed by atoms with Gasteiger partial charge >= 0.3 is 0 Å². The molecule has 0 fully saturated rings. The lowest BCUT2D eigenvalue weighted by atomic mass is 10.1. The maximum atomic E-state index is 2.24. The molecule has 68 valence electrons. The molecule has 0 N–H and O–H groups in total. The molecule has 1 heteroatoms. The van der Waals surface area contributed by atoms with E-state index < -0.39 is 0 Å². The number of hydrogen-bond acceptors (Lipinski definition) is 1. The van der Waals surface area contributed by atoms with Crippen molar-refractivity contribution in [3.63, 3.8) is 0 Å². The van der Waals surface area contributed by atoms with Gasteiger partial charge in [0.05, 0.1) is 0 Å². The van der Waals surface area contributed by atoms with E-state index in [1.54, 1.807) is 10.4 Å². The van der Waals surface area contributed by atoms with E-state index in [-0.39, 0.29) is 0 Å². The molecule has 0 amide bonds. The minimum Gasteiger partial charge on any atom is -0.140 e. The van der Waals surface area contributed by atoms with Crippen LogP contribution in [0.15, 0.2) is 24.3 Å². The largest absolute Gasteiger partial charge is 0.140 e. The van der Waals surface area contributed by atoms with Gasteiger partial charge in [0.2, 0.25) is 0 Å². The number of thiophene rings is 1. The summed E-state index contributed by atoms with van der Waals surface area (Å²) in [7, 11) is 0. The summed E-state index contributed by atoms with van der Waals surface area (Å²) in [5.74, 6) is 0. The third-order valence-electron chi connectivity index (χ3n) is 2.46. The van der Waals surface area contributed by atoms with Gasteiger partial charge in [0.15, 0.2) is 0 Å². The van der Waals surface area contributed by atoms with Crippen molar-refractivity contribution >= 4 is 21.4 Å². The summed E-state index contributed by atoms with van der Waals surface area (Å²) in [6.07, 6.45) is 2.33. The Kier molecular flexibility index (Phi) is 2.36. The van der Waals surface area contributed by atoms with Crippen molar-refractivity contribution in [3.8, 4) is 0 Å². The molecular formula is C12H14S. The number of rotatable bonds is 2. The van der Waals surface area contributed by atoms with Crippen molar-refractivity contribution in [3.05, 3.63) is 34.7 Å². The third kappa shape index (κ3) is 1.37. The van der Waals surface area contributed by atoms with E-state index in [1.165, 1.54) is 16.5 Å². The Hall–Kier alpha value is -0.820. The Morgan fingerprint density at radius 2 is 1.85 bits per heavy atom. The SMILES string of the molecule is CCc1sc2ccccc2c1CC. The number of benzene rings is 1. The van der Waals surface area contributed by atoms with E-state index in [0.717, 1.165) is 6.42 Å². The molecular weight excluding hydrogens is 176 g/mol. The summed E-state index contributed by atoms with van der Waals surface area (Å²) in [5, 5.41) is 1.46. The maximum Gasteiger partial charge on any atom is 0.0348 e. The molecule has 1 heterocycles. The van der Waals surface area contributed by atoms with Crippen LogP contribution in [-0.2, 0) is 12.8 Å². The Balaban J connectivity index is 2.73. The highest BCUT2D eigenvalue weighted by molar-refractivity contribution is 7.19. The second-order valence-electron chi connectivity index (χ2n) is 3.21. The third-order valence-corrected chi connectivity index (χ3v) is 3.81. The van der Waals surface area contributed by atoms with E-state index in [2.05, 4.69) is 38.1 Å². The molecule has 0 radical (unpaired) electrons. The average molecular weight is 190 g/mol. The quantitative estimate of drug-likeness (QED) is 0.670. The summed E-state index contributed by atoms with van der Waals surface area (Å²) in [6, 6.07) is 8.72. The van der Waals surface area contributed by atoms with Gasteiger partial charge in [-0.05, 0) is 29.9 Å². The van der Waals surface area contributed by atoms with Crippen LogP contribution in [0.4, 0.5) is 0 Å². The second kappa shape index (κ2) is 3.51. The highest BCUT2D eigenvalue weighted by atomic mass is 32.1. The Labute approximate surface area is 83.2 Å². The molecule has 2 rings (SSSR count). The van der Waals surface area contributed by atoms with E-state index in [9.17, 15) is 0 Å². The first kappa shape index (κ1) is 8.76. The molecule has 1 aromatic heterocycles. The van der Waals surface area contributed by atoms with E-state index in [1.807, 2.05) is 11.3 Å². The van der Waals surface area contributed by atoms with Gasteiger partial charge < -0.3 is 0 Å². The van der Waals surface area contributed by atoms with Crippen molar-refractivity contribution in [1.29, 1.82) is 0 Å². The van der Waals surface area contributed by atoms with Crippen molar-refractivity contribution in [2.45, 2.75) is 26.7 Å². The zero-order chi connectivity index (χ0) is 9.26. The number of hydrogen-bond donors (Lipinski definition) is 0. The molecule has 0 aliphatic heterocycles. The Bertz CT molecular complexity index is 412. The van der Waals surface area contributed by atoms with Crippen LogP contribution >= 0.6 is 11.3 Å². The summed E-state index contributed by atoms with van der Waals surface area (Å²) in [5.41, 5.74) is 1.56. The topological polar surface area (TPSA) is 0 Å². The molecule has 0 unspecified atom stereocenters. The molecule has 0 atom stereocenters. The monoisotopic (exact) mass is 190 g/mol. The van der Waals surface area contributed by atoms with E-state index in [4.69, 9.17) is 0 Å². The molecule has 0 aliphatic carbocycles. The van der Waals surface area contributed by atoms with Crippen LogP contribution in [0.1, 0.15) is 24.3 Å². The van der Waals surface area contributed by atoms with Gasteiger partial charge in [-0.3, -0.25) is 0 Å². The lowest BCUT2D eigenvalue weighted by Crippen LogP contribution is -1.82. The normalized spacial score (nSPS) is 10.9. The predicted molar refractivity (Wildman–Crippen MR) is 60.6 cm³/mol. The van der Waals surface area contributed by atoms with Gasteiger partial charge in [0.1, 0.15) is 0 Å². The molecule has 0 aliphatic rings. The minimum absolute atomic E-state index is 1.16. The summed E-state index contributed by atoms with van der Waals surface area (Å²) >= 11 is 1.95. The Morgan fingerprint density at radius 3 is 2.54 bits per heavy atom. The fourth-order valence-corrected chi connectivity index (χ4v) is 3.06. The van der Waals surface area contributed by atoms with Gasteiger partial charge in [0.25, 0.3) is 0 Å². The lowest BCUT2D eigenvalue weighted by molar-refractivity contribution is 1.08. The first-order valence-corrected chi connectivity index (χ1v) is 5.67. The highest BCUT2D eigenvalue weighted by Crippen LogP contribution is 2.31. The minimum atomic E-state index is 1.16. The Morgan fingerprint density at radius 1 is 1.08 bits per heavy atom. The van der Waals surface area contributed by atoms with Crippen LogP contribution in [-0.4, -0.2) is 0 Å². The smallest absolute Gasteiger partial charge is 0.0348 e. The van der Waals surface area contributed by atoms with Crippen LogP contribution in [0.5, 0.6) is 0 Å². The fourth-order valence-electron chi connectivity index (χ4n) is 1.82. The molecule has 0 nitrogen and oxygen atoms in total. The van der Waals surface area contributed by atoms with Crippen LogP contribution in [0.25, 0.3) is 10.1 Å². The lowest BCUT2D eigenvalue weighted by Gasteiger charge is -1.96. The first-order chi connectivity index (χ1) is 6.36.